The maximum absolute atomic E-state index is 5.07. The fourth-order valence-corrected chi connectivity index (χ4v) is 2.23. The molecule has 0 saturated heterocycles. The summed E-state index contributed by atoms with van der Waals surface area (Å²) in [6.45, 7) is 2.49. The summed E-state index contributed by atoms with van der Waals surface area (Å²) in [6, 6.07) is 3.82. The molecule has 108 valence electrons. The quantitative estimate of drug-likeness (QED) is 0.756. The number of nitrogens with zero attached hydrogens (tertiary/aromatic N) is 6. The minimum atomic E-state index is 0.518. The smallest absolute Gasteiger partial charge is 0.228 e. The summed E-state index contributed by atoms with van der Waals surface area (Å²) in [4.78, 5) is 4.17. The Bertz CT molecular complexity index is 774. The normalized spacial score (nSPS) is 14.7. The van der Waals surface area contributed by atoms with Crippen LogP contribution >= 0.6 is 0 Å². The predicted molar refractivity (Wildman–Crippen MR) is 74.0 cm³/mol. The first kappa shape index (κ1) is 12.2. The highest BCUT2D eigenvalue weighted by Gasteiger charge is 2.29. The van der Waals surface area contributed by atoms with E-state index in [0.717, 1.165) is 17.3 Å². The van der Waals surface area contributed by atoms with Gasteiger partial charge >= 0.3 is 0 Å². The molecule has 1 aliphatic carbocycles. The van der Waals surface area contributed by atoms with Crippen LogP contribution in [0.3, 0.4) is 0 Å². The molecule has 0 aliphatic heterocycles. The number of nitrogens with one attached hydrogen (secondary N) is 1. The van der Waals surface area contributed by atoms with Crippen molar-refractivity contribution >= 4 is 11.5 Å². The molecule has 8 heteroatoms. The van der Waals surface area contributed by atoms with E-state index in [9.17, 15) is 0 Å². The van der Waals surface area contributed by atoms with E-state index in [1.165, 1.54) is 12.8 Å². The van der Waals surface area contributed by atoms with Crippen molar-refractivity contribution in [2.45, 2.75) is 32.1 Å². The SMILES string of the molecule is Cc1noc(CCNc2ccc3nnc(C4CC4)n3n2)n1. The Morgan fingerprint density at radius 1 is 1.33 bits per heavy atom. The average molecular weight is 285 g/mol. The lowest BCUT2D eigenvalue weighted by molar-refractivity contribution is 0.377. The molecule has 4 rings (SSSR count). The molecule has 3 aromatic rings. The molecule has 0 spiro atoms. The molecule has 8 nitrogen and oxygen atoms in total. The molecule has 0 bridgehead atoms. The van der Waals surface area contributed by atoms with E-state index in [2.05, 4.69) is 30.8 Å². The molecule has 0 atom stereocenters. The van der Waals surface area contributed by atoms with Gasteiger partial charge in [0.15, 0.2) is 17.3 Å². The van der Waals surface area contributed by atoms with Crippen LogP contribution in [0.15, 0.2) is 16.7 Å². The van der Waals surface area contributed by atoms with Crippen LogP contribution in [0.25, 0.3) is 5.65 Å². The van der Waals surface area contributed by atoms with E-state index in [0.29, 0.717) is 30.6 Å². The van der Waals surface area contributed by atoms with E-state index in [4.69, 9.17) is 4.52 Å². The fourth-order valence-electron chi connectivity index (χ4n) is 2.23. The zero-order valence-electron chi connectivity index (χ0n) is 11.7. The van der Waals surface area contributed by atoms with Gasteiger partial charge in [-0.3, -0.25) is 0 Å². The number of rotatable bonds is 5. The maximum atomic E-state index is 5.07. The Morgan fingerprint density at radius 2 is 2.24 bits per heavy atom. The third-order valence-electron chi connectivity index (χ3n) is 3.44. The molecule has 1 fully saturated rings. The Labute approximate surface area is 120 Å². The van der Waals surface area contributed by atoms with Crippen LogP contribution < -0.4 is 5.32 Å². The predicted octanol–water partition coefficient (Wildman–Crippen LogP) is 1.35. The molecule has 0 amide bonds. The Kier molecular flexibility index (Phi) is 2.80. The van der Waals surface area contributed by atoms with E-state index < -0.39 is 0 Å². The van der Waals surface area contributed by atoms with Crippen LogP contribution in [0.5, 0.6) is 0 Å². The lowest BCUT2D eigenvalue weighted by atomic mass is 10.4. The van der Waals surface area contributed by atoms with Gasteiger partial charge in [-0.15, -0.1) is 15.3 Å². The summed E-state index contributed by atoms with van der Waals surface area (Å²) in [5, 5.41) is 19.9. The van der Waals surface area contributed by atoms with Gasteiger partial charge in [0.25, 0.3) is 0 Å². The second kappa shape index (κ2) is 4.80. The summed E-state index contributed by atoms with van der Waals surface area (Å²) < 4.78 is 6.90. The number of fused-ring (bicyclic) bond motifs is 1. The topological polar surface area (TPSA) is 94.0 Å². The van der Waals surface area contributed by atoms with Crippen LogP contribution in [0.2, 0.25) is 0 Å². The van der Waals surface area contributed by atoms with Gasteiger partial charge in [-0.1, -0.05) is 5.16 Å². The molecule has 1 saturated carbocycles. The summed E-state index contributed by atoms with van der Waals surface area (Å²) in [5.41, 5.74) is 0.787. The summed E-state index contributed by atoms with van der Waals surface area (Å²) in [5.74, 6) is 3.55. The van der Waals surface area contributed by atoms with Crippen molar-refractivity contribution < 1.29 is 4.52 Å². The second-order valence-electron chi connectivity index (χ2n) is 5.23. The zero-order chi connectivity index (χ0) is 14.2. The monoisotopic (exact) mass is 285 g/mol. The zero-order valence-corrected chi connectivity index (χ0v) is 11.7. The molecule has 0 aromatic carbocycles. The van der Waals surface area contributed by atoms with Crippen molar-refractivity contribution in [2.75, 3.05) is 11.9 Å². The van der Waals surface area contributed by atoms with Gasteiger partial charge in [0.2, 0.25) is 5.89 Å². The van der Waals surface area contributed by atoms with Gasteiger partial charge < -0.3 is 9.84 Å². The highest BCUT2D eigenvalue weighted by Crippen LogP contribution is 2.38. The highest BCUT2D eigenvalue weighted by molar-refractivity contribution is 5.44. The number of hydrogen-bond donors (Lipinski definition) is 1. The summed E-state index contributed by atoms with van der Waals surface area (Å²) >= 11 is 0. The largest absolute Gasteiger partial charge is 0.368 e. The van der Waals surface area contributed by atoms with Gasteiger partial charge in [-0.25, -0.2) is 0 Å². The third kappa shape index (κ3) is 2.44. The molecule has 3 heterocycles. The van der Waals surface area contributed by atoms with E-state index in [-0.39, 0.29) is 0 Å². The molecule has 3 aromatic heterocycles. The van der Waals surface area contributed by atoms with Crippen molar-refractivity contribution in [1.82, 2.24) is 30.0 Å². The standard InChI is InChI=1S/C13H15N7O/c1-8-15-12(21-19-8)6-7-14-10-4-5-11-16-17-13(9-2-3-9)20(11)18-10/h4-5,9H,2-3,6-7H2,1H3,(H,14,18). The molecule has 1 N–H and O–H groups in total. The first-order valence-electron chi connectivity index (χ1n) is 7.05. The highest BCUT2D eigenvalue weighted by atomic mass is 16.5. The first-order valence-corrected chi connectivity index (χ1v) is 7.05. The summed E-state index contributed by atoms with van der Waals surface area (Å²) in [7, 11) is 0. The minimum absolute atomic E-state index is 0.518. The van der Waals surface area contributed by atoms with Crippen molar-refractivity contribution in [2.24, 2.45) is 0 Å². The Balaban J connectivity index is 1.47. The van der Waals surface area contributed by atoms with Crippen molar-refractivity contribution in [1.29, 1.82) is 0 Å². The molecule has 21 heavy (non-hydrogen) atoms. The van der Waals surface area contributed by atoms with E-state index in [1.807, 2.05) is 16.6 Å². The maximum Gasteiger partial charge on any atom is 0.228 e. The number of aryl methyl sites for hydroxylation is 1. The lowest BCUT2D eigenvalue weighted by Gasteiger charge is -2.04. The molecule has 0 radical (unpaired) electrons. The lowest BCUT2D eigenvalue weighted by Crippen LogP contribution is -2.09. The van der Waals surface area contributed by atoms with Gasteiger partial charge in [0.05, 0.1) is 0 Å². The van der Waals surface area contributed by atoms with Crippen LogP contribution in [-0.4, -0.2) is 36.5 Å². The van der Waals surface area contributed by atoms with Gasteiger partial charge in [0.1, 0.15) is 5.82 Å². The van der Waals surface area contributed by atoms with Crippen LogP contribution in [0.1, 0.15) is 36.3 Å². The van der Waals surface area contributed by atoms with Gasteiger partial charge in [0, 0.05) is 18.9 Å². The minimum Gasteiger partial charge on any atom is -0.368 e. The Hall–Kier alpha value is -2.51. The van der Waals surface area contributed by atoms with Crippen LogP contribution in [0, 0.1) is 6.92 Å². The van der Waals surface area contributed by atoms with E-state index in [1.54, 1.807) is 6.92 Å². The number of hydrogen-bond acceptors (Lipinski definition) is 7. The van der Waals surface area contributed by atoms with E-state index >= 15 is 0 Å². The average Bonchev–Trinajstić information content (AvgIpc) is 3.11. The second-order valence-corrected chi connectivity index (χ2v) is 5.23. The molecule has 0 unspecified atom stereocenters. The molecular formula is C13H15N7O. The van der Waals surface area contributed by atoms with Crippen LogP contribution in [-0.2, 0) is 6.42 Å². The molecule has 1 aliphatic rings. The van der Waals surface area contributed by atoms with Crippen molar-refractivity contribution in [3.63, 3.8) is 0 Å². The number of anilines is 1. The first-order chi connectivity index (χ1) is 10.3. The van der Waals surface area contributed by atoms with Crippen molar-refractivity contribution in [3.05, 3.63) is 29.7 Å². The van der Waals surface area contributed by atoms with Gasteiger partial charge in [-0.05, 0) is 31.9 Å². The van der Waals surface area contributed by atoms with Crippen molar-refractivity contribution in [3.8, 4) is 0 Å². The summed E-state index contributed by atoms with van der Waals surface area (Å²) in [6.07, 6.45) is 3.02. The fraction of sp³-hybridized carbons (Fsp3) is 0.462. The molecular weight excluding hydrogens is 270 g/mol. The van der Waals surface area contributed by atoms with Gasteiger partial charge in [-0.2, -0.15) is 9.50 Å². The van der Waals surface area contributed by atoms with Crippen LogP contribution in [0.4, 0.5) is 5.82 Å². The Morgan fingerprint density at radius 3 is 3.00 bits per heavy atom. The third-order valence-corrected chi connectivity index (χ3v) is 3.44. The number of aromatic nitrogens is 6.